The van der Waals surface area contributed by atoms with Crippen molar-refractivity contribution in [2.75, 3.05) is 12.4 Å². The first-order valence-electron chi connectivity index (χ1n) is 8.06. The molecule has 0 aliphatic heterocycles. The van der Waals surface area contributed by atoms with Crippen LogP contribution in [0, 0.1) is 0 Å². The number of para-hydroxylation sites is 2. The Morgan fingerprint density at radius 2 is 1.85 bits per heavy atom. The number of rotatable bonds is 8. The van der Waals surface area contributed by atoms with Crippen molar-refractivity contribution < 1.29 is 9.53 Å². The molecule has 2 N–H and O–H groups in total. The zero-order valence-electron chi connectivity index (χ0n) is 15.0. The molecule has 0 aromatic heterocycles. The second-order valence-electron chi connectivity index (χ2n) is 5.52. The third kappa shape index (κ3) is 6.75. The van der Waals surface area contributed by atoms with Crippen molar-refractivity contribution in [1.29, 1.82) is 0 Å². The number of carbonyl (C=O) groups is 1. The molecule has 0 spiro atoms. The van der Waals surface area contributed by atoms with Crippen molar-refractivity contribution in [3.63, 3.8) is 0 Å². The Morgan fingerprint density at radius 3 is 2.48 bits per heavy atom. The minimum absolute atomic E-state index is 0.166. The molecule has 2 aromatic rings. The lowest BCUT2D eigenvalue weighted by Gasteiger charge is -2.15. The smallest absolute Gasteiger partial charge is 0.259 e. The summed E-state index contributed by atoms with van der Waals surface area (Å²) in [6.45, 7) is 6.29. The Kier molecular flexibility index (Phi) is 8.47. The molecule has 1 amide bonds. The summed E-state index contributed by atoms with van der Waals surface area (Å²) < 4.78 is 7.07. The highest BCUT2D eigenvalue weighted by molar-refractivity contribution is 9.11. The number of hydrogen-bond donors (Lipinski definition) is 2. The van der Waals surface area contributed by atoms with Crippen LogP contribution < -0.4 is 15.4 Å². The molecule has 7 heteroatoms. The van der Waals surface area contributed by atoms with Crippen LogP contribution in [0.5, 0.6) is 5.75 Å². The third-order valence-corrected chi connectivity index (χ3v) is 5.72. The van der Waals surface area contributed by atoms with Gasteiger partial charge in [0.1, 0.15) is 5.75 Å². The highest BCUT2D eigenvalue weighted by atomic mass is 79.9. The standard InChI is InChI=1S/C20H20Br2N2O2S/c1-13(21)19(20(25)23-12-15-8-10-16(22)11-9-15)27-14(2)24-17-6-4-5-7-18(17)26-3/h4-11,24H,2,12H2,1,3H3,(H,23,25)/b19-13+. The van der Waals surface area contributed by atoms with Gasteiger partial charge in [0.2, 0.25) is 0 Å². The lowest BCUT2D eigenvalue weighted by Crippen LogP contribution is -2.24. The van der Waals surface area contributed by atoms with Crippen molar-refractivity contribution in [1.82, 2.24) is 5.32 Å². The predicted molar refractivity (Wildman–Crippen MR) is 121 cm³/mol. The molecule has 0 atom stereocenters. The van der Waals surface area contributed by atoms with Crippen molar-refractivity contribution in [2.24, 2.45) is 0 Å². The highest BCUT2D eigenvalue weighted by Gasteiger charge is 2.15. The van der Waals surface area contributed by atoms with Gasteiger partial charge in [-0.25, -0.2) is 0 Å². The van der Waals surface area contributed by atoms with Gasteiger partial charge < -0.3 is 15.4 Å². The molecular weight excluding hydrogens is 492 g/mol. The molecule has 0 unspecified atom stereocenters. The van der Waals surface area contributed by atoms with Crippen LogP contribution in [0.2, 0.25) is 0 Å². The molecule has 2 aromatic carbocycles. The van der Waals surface area contributed by atoms with Crippen LogP contribution >= 0.6 is 43.6 Å². The summed E-state index contributed by atoms with van der Waals surface area (Å²) in [5.74, 6) is 0.542. The number of anilines is 1. The molecule has 0 bridgehead atoms. The number of thioether (sulfide) groups is 1. The van der Waals surface area contributed by atoms with Gasteiger partial charge in [-0.2, -0.15) is 0 Å². The van der Waals surface area contributed by atoms with E-state index in [0.717, 1.165) is 20.2 Å². The SMILES string of the molecule is C=C(Nc1ccccc1OC)S/C(C(=O)NCc1ccc(Br)cc1)=C(\C)Br. The Labute approximate surface area is 180 Å². The van der Waals surface area contributed by atoms with Gasteiger partial charge in [-0.15, -0.1) is 0 Å². The predicted octanol–water partition coefficient (Wildman–Crippen LogP) is 6.02. The maximum absolute atomic E-state index is 12.6. The van der Waals surface area contributed by atoms with E-state index in [2.05, 4.69) is 49.1 Å². The fraction of sp³-hybridized carbons (Fsp3) is 0.150. The first-order valence-corrected chi connectivity index (χ1v) is 10.5. The molecule has 0 aliphatic carbocycles. The largest absolute Gasteiger partial charge is 0.495 e. The normalized spacial score (nSPS) is 11.4. The van der Waals surface area contributed by atoms with Crippen LogP contribution in [0.3, 0.4) is 0 Å². The maximum atomic E-state index is 12.6. The second kappa shape index (κ2) is 10.6. The summed E-state index contributed by atoms with van der Waals surface area (Å²) in [4.78, 5) is 13.2. The minimum Gasteiger partial charge on any atom is -0.495 e. The van der Waals surface area contributed by atoms with Gasteiger partial charge in [0.15, 0.2) is 0 Å². The lowest BCUT2D eigenvalue weighted by molar-refractivity contribution is -0.117. The lowest BCUT2D eigenvalue weighted by atomic mass is 10.2. The zero-order chi connectivity index (χ0) is 19.8. The van der Waals surface area contributed by atoms with Crippen LogP contribution in [0.1, 0.15) is 12.5 Å². The Balaban J connectivity index is 2.00. The molecular formula is C20H20Br2N2O2S. The van der Waals surface area contributed by atoms with Gasteiger partial charge in [0, 0.05) is 15.5 Å². The summed E-state index contributed by atoms with van der Waals surface area (Å²) >= 11 is 8.08. The van der Waals surface area contributed by atoms with Crippen LogP contribution in [-0.4, -0.2) is 13.0 Å². The number of allylic oxidation sites excluding steroid dienone is 1. The summed E-state index contributed by atoms with van der Waals surface area (Å²) in [6.07, 6.45) is 0. The fourth-order valence-corrected chi connectivity index (χ4v) is 3.58. The molecule has 0 aliphatic rings. The van der Waals surface area contributed by atoms with E-state index in [0.29, 0.717) is 22.2 Å². The maximum Gasteiger partial charge on any atom is 0.259 e. The number of nitrogens with one attached hydrogen (secondary N) is 2. The number of hydrogen-bond acceptors (Lipinski definition) is 4. The van der Waals surface area contributed by atoms with Gasteiger partial charge in [-0.3, -0.25) is 4.79 Å². The van der Waals surface area contributed by atoms with Gasteiger partial charge in [-0.1, -0.05) is 74.5 Å². The average Bonchev–Trinajstić information content (AvgIpc) is 2.65. The van der Waals surface area contributed by atoms with E-state index in [1.165, 1.54) is 11.8 Å². The van der Waals surface area contributed by atoms with Gasteiger partial charge >= 0.3 is 0 Å². The van der Waals surface area contributed by atoms with Crippen LogP contribution in [0.15, 0.2) is 74.0 Å². The Bertz CT molecular complexity index is 847. The number of benzene rings is 2. The van der Waals surface area contributed by atoms with E-state index < -0.39 is 0 Å². The fourth-order valence-electron chi connectivity index (χ4n) is 2.18. The third-order valence-electron chi connectivity index (χ3n) is 3.49. The van der Waals surface area contributed by atoms with E-state index in [1.54, 1.807) is 7.11 Å². The Morgan fingerprint density at radius 1 is 1.19 bits per heavy atom. The van der Waals surface area contributed by atoms with Crippen molar-refractivity contribution in [2.45, 2.75) is 13.5 Å². The second-order valence-corrected chi connectivity index (χ2v) is 8.73. The Hall–Kier alpha value is -1.70. The number of amides is 1. The zero-order valence-corrected chi connectivity index (χ0v) is 19.0. The topological polar surface area (TPSA) is 50.4 Å². The van der Waals surface area contributed by atoms with Crippen LogP contribution in [0.4, 0.5) is 5.69 Å². The van der Waals surface area contributed by atoms with Gasteiger partial charge in [0.25, 0.3) is 5.91 Å². The monoisotopic (exact) mass is 510 g/mol. The van der Waals surface area contributed by atoms with E-state index in [9.17, 15) is 4.79 Å². The molecule has 0 saturated heterocycles. The van der Waals surface area contributed by atoms with Crippen molar-refractivity contribution in [3.8, 4) is 5.75 Å². The van der Waals surface area contributed by atoms with Crippen molar-refractivity contribution >= 4 is 55.2 Å². The average molecular weight is 512 g/mol. The minimum atomic E-state index is -0.166. The number of ether oxygens (including phenoxy) is 1. The molecule has 2 rings (SSSR count). The first kappa shape index (κ1) is 21.6. The number of carbonyl (C=O) groups excluding carboxylic acids is 1. The van der Waals surface area contributed by atoms with E-state index in [1.807, 2.05) is 55.5 Å². The molecule has 142 valence electrons. The van der Waals surface area contributed by atoms with Crippen LogP contribution in [-0.2, 0) is 11.3 Å². The summed E-state index contributed by atoms with van der Waals surface area (Å²) in [5.41, 5.74) is 1.81. The highest BCUT2D eigenvalue weighted by Crippen LogP contribution is 2.33. The molecule has 0 saturated carbocycles. The van der Waals surface area contributed by atoms with E-state index in [4.69, 9.17) is 4.74 Å². The number of halogens is 2. The summed E-state index contributed by atoms with van der Waals surface area (Å²) in [5, 5.41) is 6.74. The quantitative estimate of drug-likeness (QED) is 0.425. The van der Waals surface area contributed by atoms with Gasteiger partial charge in [0.05, 0.1) is 22.7 Å². The van der Waals surface area contributed by atoms with E-state index in [-0.39, 0.29) is 5.91 Å². The number of methoxy groups -OCH3 is 1. The summed E-state index contributed by atoms with van der Waals surface area (Å²) in [7, 11) is 1.61. The molecule has 4 nitrogen and oxygen atoms in total. The van der Waals surface area contributed by atoms with E-state index >= 15 is 0 Å². The molecule has 0 heterocycles. The molecule has 27 heavy (non-hydrogen) atoms. The summed E-state index contributed by atoms with van der Waals surface area (Å²) in [6, 6.07) is 15.4. The molecule has 0 fully saturated rings. The van der Waals surface area contributed by atoms with Crippen LogP contribution in [0.25, 0.3) is 0 Å². The van der Waals surface area contributed by atoms with Crippen molar-refractivity contribution in [3.05, 3.63) is 79.6 Å². The van der Waals surface area contributed by atoms with Gasteiger partial charge in [-0.05, 0) is 36.8 Å². The molecule has 0 radical (unpaired) electrons. The first-order chi connectivity index (χ1) is 12.9.